The normalized spacial score (nSPS) is 18.2. The fourth-order valence-electron chi connectivity index (χ4n) is 4.47. The van der Waals surface area contributed by atoms with Crippen molar-refractivity contribution in [1.29, 1.82) is 0 Å². The Hall–Kier alpha value is -2.46. The lowest BCUT2D eigenvalue weighted by Crippen LogP contribution is -2.17. The molecule has 0 bridgehead atoms. The van der Waals surface area contributed by atoms with E-state index in [4.69, 9.17) is 16.3 Å². The van der Waals surface area contributed by atoms with Gasteiger partial charge in [-0.05, 0) is 79.3 Å². The molecule has 0 heterocycles. The molecule has 1 aliphatic rings. The quantitative estimate of drug-likeness (QED) is 0.310. The topological polar surface area (TPSA) is 60.4 Å². The van der Waals surface area contributed by atoms with Crippen LogP contribution in [0.4, 0.5) is 0 Å². The molecule has 0 saturated heterocycles. The Labute approximate surface area is 195 Å². The van der Waals surface area contributed by atoms with Crippen LogP contribution in [-0.4, -0.2) is 24.6 Å². The van der Waals surface area contributed by atoms with Crippen LogP contribution in [0.25, 0.3) is 0 Å². The highest BCUT2D eigenvalue weighted by molar-refractivity contribution is 6.30. The van der Waals surface area contributed by atoms with E-state index in [-0.39, 0.29) is 17.5 Å². The SMILES string of the molecule is COC(=O)CC1CCC(c2ccc(CC(=O)CCCC(=O)c3ccc(Cl)cc3)cc2)CC1. The zero-order chi connectivity index (χ0) is 22.9. The lowest BCUT2D eigenvalue weighted by molar-refractivity contribution is -0.142. The van der Waals surface area contributed by atoms with Gasteiger partial charge in [-0.15, -0.1) is 0 Å². The highest BCUT2D eigenvalue weighted by atomic mass is 35.5. The van der Waals surface area contributed by atoms with Crippen LogP contribution in [0.3, 0.4) is 0 Å². The Balaban J connectivity index is 1.39. The summed E-state index contributed by atoms with van der Waals surface area (Å²) in [6.07, 6.45) is 6.53. The average molecular weight is 455 g/mol. The van der Waals surface area contributed by atoms with E-state index in [9.17, 15) is 14.4 Å². The maximum atomic E-state index is 12.3. The number of hydrogen-bond donors (Lipinski definition) is 0. The molecule has 0 aliphatic heterocycles. The largest absolute Gasteiger partial charge is 0.469 e. The van der Waals surface area contributed by atoms with E-state index in [0.717, 1.165) is 31.2 Å². The molecule has 1 saturated carbocycles. The lowest BCUT2D eigenvalue weighted by Gasteiger charge is -2.28. The number of methoxy groups -OCH3 is 1. The van der Waals surface area contributed by atoms with Crippen LogP contribution in [0, 0.1) is 5.92 Å². The number of esters is 1. The third-order valence-corrected chi connectivity index (χ3v) is 6.66. The first kappa shape index (κ1) is 24.2. The predicted octanol–water partition coefficient (Wildman–Crippen LogP) is 6.34. The van der Waals surface area contributed by atoms with Crippen molar-refractivity contribution in [1.82, 2.24) is 0 Å². The summed E-state index contributed by atoms with van der Waals surface area (Å²) in [5.74, 6) is 1.04. The average Bonchev–Trinajstić information content (AvgIpc) is 2.80. The molecule has 3 rings (SSSR count). The van der Waals surface area contributed by atoms with E-state index < -0.39 is 0 Å². The molecule has 2 aromatic carbocycles. The van der Waals surface area contributed by atoms with Gasteiger partial charge in [0.2, 0.25) is 0 Å². The summed E-state index contributed by atoms with van der Waals surface area (Å²) in [5, 5.41) is 0.606. The van der Waals surface area contributed by atoms with E-state index in [2.05, 4.69) is 12.1 Å². The number of rotatable bonds is 10. The first-order valence-corrected chi connectivity index (χ1v) is 11.8. The van der Waals surface area contributed by atoms with Crippen molar-refractivity contribution < 1.29 is 19.1 Å². The zero-order valence-electron chi connectivity index (χ0n) is 18.6. The molecule has 1 aliphatic carbocycles. The van der Waals surface area contributed by atoms with Gasteiger partial charge in [-0.2, -0.15) is 0 Å². The fraction of sp³-hybridized carbons (Fsp3) is 0.444. The van der Waals surface area contributed by atoms with Gasteiger partial charge in [-0.25, -0.2) is 0 Å². The first-order chi connectivity index (χ1) is 15.4. The number of hydrogen-bond acceptors (Lipinski definition) is 4. The fourth-order valence-corrected chi connectivity index (χ4v) is 4.59. The molecule has 0 N–H and O–H groups in total. The summed E-state index contributed by atoms with van der Waals surface area (Å²) in [6, 6.07) is 15.2. The van der Waals surface area contributed by atoms with Gasteiger partial charge >= 0.3 is 5.97 Å². The predicted molar refractivity (Wildman–Crippen MR) is 126 cm³/mol. The molecule has 0 radical (unpaired) electrons. The van der Waals surface area contributed by atoms with E-state index in [1.165, 1.54) is 12.7 Å². The molecule has 1 fully saturated rings. The number of halogens is 1. The summed E-state index contributed by atoms with van der Waals surface area (Å²) in [5.41, 5.74) is 2.96. The molecule has 0 amide bonds. The number of Topliss-reactive ketones (excluding diaryl/α,β-unsaturated/α-hetero) is 2. The minimum Gasteiger partial charge on any atom is -0.469 e. The molecule has 0 unspecified atom stereocenters. The zero-order valence-corrected chi connectivity index (χ0v) is 19.4. The van der Waals surface area contributed by atoms with Gasteiger partial charge in [0, 0.05) is 36.3 Å². The molecule has 2 aromatic rings. The number of ketones is 2. The van der Waals surface area contributed by atoms with Crippen LogP contribution in [0.2, 0.25) is 5.02 Å². The van der Waals surface area contributed by atoms with Crippen LogP contribution < -0.4 is 0 Å². The van der Waals surface area contributed by atoms with Gasteiger partial charge in [-0.3, -0.25) is 14.4 Å². The second kappa shape index (κ2) is 12.0. The first-order valence-electron chi connectivity index (χ1n) is 11.4. The molecule has 0 atom stereocenters. The van der Waals surface area contributed by atoms with Gasteiger partial charge in [0.1, 0.15) is 5.78 Å². The third kappa shape index (κ3) is 7.30. The monoisotopic (exact) mass is 454 g/mol. The summed E-state index contributed by atoms with van der Waals surface area (Å²) in [6.45, 7) is 0. The minimum atomic E-state index is -0.114. The number of ether oxygens (including phenoxy) is 1. The maximum absolute atomic E-state index is 12.3. The van der Waals surface area contributed by atoms with E-state index >= 15 is 0 Å². The Morgan fingerprint density at radius 2 is 1.56 bits per heavy atom. The van der Waals surface area contributed by atoms with Crippen molar-refractivity contribution >= 4 is 29.1 Å². The smallest absolute Gasteiger partial charge is 0.305 e. The summed E-state index contributed by atoms with van der Waals surface area (Å²) in [4.78, 5) is 36.0. The molecular weight excluding hydrogens is 424 g/mol. The van der Waals surface area contributed by atoms with Crippen molar-refractivity contribution in [3.8, 4) is 0 Å². The van der Waals surface area contributed by atoms with Crippen molar-refractivity contribution in [3.05, 3.63) is 70.2 Å². The van der Waals surface area contributed by atoms with Crippen LogP contribution in [-0.2, 0) is 20.7 Å². The highest BCUT2D eigenvalue weighted by Gasteiger charge is 2.24. The number of benzene rings is 2. The molecule has 5 heteroatoms. The maximum Gasteiger partial charge on any atom is 0.305 e. The Morgan fingerprint density at radius 3 is 2.19 bits per heavy atom. The Kier molecular flexibility index (Phi) is 9.04. The van der Waals surface area contributed by atoms with Crippen molar-refractivity contribution in [2.75, 3.05) is 7.11 Å². The van der Waals surface area contributed by atoms with Gasteiger partial charge in [0.15, 0.2) is 5.78 Å². The van der Waals surface area contributed by atoms with E-state index in [1.807, 2.05) is 12.1 Å². The van der Waals surface area contributed by atoms with Gasteiger partial charge in [0.05, 0.1) is 7.11 Å². The van der Waals surface area contributed by atoms with Crippen LogP contribution in [0.5, 0.6) is 0 Å². The summed E-state index contributed by atoms with van der Waals surface area (Å²) in [7, 11) is 1.45. The van der Waals surface area contributed by atoms with Crippen LogP contribution in [0.1, 0.15) is 78.8 Å². The Morgan fingerprint density at radius 1 is 0.906 bits per heavy atom. The molecular formula is C27H31ClO4. The third-order valence-electron chi connectivity index (χ3n) is 6.41. The van der Waals surface area contributed by atoms with Crippen LogP contribution >= 0.6 is 11.6 Å². The minimum absolute atomic E-state index is 0.0418. The molecule has 170 valence electrons. The lowest BCUT2D eigenvalue weighted by atomic mass is 9.77. The summed E-state index contributed by atoms with van der Waals surface area (Å²) < 4.78 is 4.78. The summed E-state index contributed by atoms with van der Waals surface area (Å²) >= 11 is 5.85. The van der Waals surface area contributed by atoms with Crippen LogP contribution in [0.15, 0.2) is 48.5 Å². The van der Waals surface area contributed by atoms with Crippen molar-refractivity contribution in [3.63, 3.8) is 0 Å². The highest BCUT2D eigenvalue weighted by Crippen LogP contribution is 2.37. The Bertz CT molecular complexity index is 910. The number of carbonyl (C=O) groups excluding carboxylic acids is 3. The van der Waals surface area contributed by atoms with Crippen molar-refractivity contribution in [2.24, 2.45) is 5.92 Å². The van der Waals surface area contributed by atoms with E-state index in [1.54, 1.807) is 24.3 Å². The molecule has 0 spiro atoms. The standard InChI is InChI=1S/C27H31ClO4/c1-32-27(31)18-20-7-11-22(12-8-20)21-9-5-19(6-10-21)17-25(29)3-2-4-26(30)23-13-15-24(28)16-14-23/h5-6,9-10,13-16,20,22H,2-4,7-8,11-12,17-18H2,1H3. The number of carbonyl (C=O) groups is 3. The van der Waals surface area contributed by atoms with Gasteiger partial charge in [-0.1, -0.05) is 35.9 Å². The van der Waals surface area contributed by atoms with E-state index in [0.29, 0.717) is 54.5 Å². The van der Waals surface area contributed by atoms with Gasteiger partial charge in [0.25, 0.3) is 0 Å². The second-order valence-electron chi connectivity index (χ2n) is 8.74. The van der Waals surface area contributed by atoms with Crippen molar-refractivity contribution in [2.45, 2.75) is 63.7 Å². The second-order valence-corrected chi connectivity index (χ2v) is 9.17. The molecule has 4 nitrogen and oxygen atoms in total. The van der Waals surface area contributed by atoms with Gasteiger partial charge < -0.3 is 4.74 Å². The molecule has 0 aromatic heterocycles. The molecule has 32 heavy (non-hydrogen) atoms.